The number of allylic oxidation sites excluding steroid dienone is 4. The molecule has 5 aromatic carbocycles. The van der Waals surface area contributed by atoms with Crippen LogP contribution in [-0.4, -0.2) is 9.13 Å². The van der Waals surface area contributed by atoms with Crippen LogP contribution in [0.5, 0.6) is 0 Å². The maximum Gasteiger partial charge on any atom is 0.0991 e. The van der Waals surface area contributed by atoms with Crippen LogP contribution in [0.15, 0.2) is 127 Å². The van der Waals surface area contributed by atoms with Gasteiger partial charge in [-0.05, 0) is 78.2 Å². The number of benzene rings is 5. The van der Waals surface area contributed by atoms with Crippen LogP contribution in [0.25, 0.3) is 54.9 Å². The Hall–Kier alpha value is -5.84. The molecule has 0 bridgehead atoms. The molecule has 0 N–H and O–H groups in total. The van der Waals surface area contributed by atoms with Gasteiger partial charge in [-0.2, -0.15) is 10.5 Å². The molecule has 1 aliphatic rings. The van der Waals surface area contributed by atoms with Gasteiger partial charge in [0, 0.05) is 38.3 Å². The zero-order valence-electron chi connectivity index (χ0n) is 22.7. The number of hydrogen-bond donors (Lipinski definition) is 0. The number of rotatable bonds is 3. The standard InChI is InChI=1S/C38H24N4/c39-23-25-15-17-37-33(19-25)31-11-1-3-13-35(31)41(37)29-9-5-7-27(21-29)28-8-6-10-30(22-28)42-36-14-4-2-12-32(36)34-20-26(24-40)16-18-38(34)42/h1-9,11-22,30H,10H2. The first-order chi connectivity index (χ1) is 20.7. The number of aromatic nitrogens is 2. The predicted molar refractivity (Wildman–Crippen MR) is 170 cm³/mol. The van der Waals surface area contributed by atoms with Crippen molar-refractivity contribution in [2.75, 3.05) is 0 Å². The van der Waals surface area contributed by atoms with Crippen molar-refractivity contribution in [3.8, 4) is 17.8 Å². The minimum Gasteiger partial charge on any atom is -0.333 e. The average molecular weight is 537 g/mol. The van der Waals surface area contributed by atoms with E-state index in [0.29, 0.717) is 11.1 Å². The number of para-hydroxylation sites is 2. The highest BCUT2D eigenvalue weighted by atomic mass is 15.0. The Labute approximate surface area is 242 Å². The van der Waals surface area contributed by atoms with Crippen molar-refractivity contribution in [2.24, 2.45) is 0 Å². The molecule has 8 rings (SSSR count). The van der Waals surface area contributed by atoms with Gasteiger partial charge in [-0.1, -0.05) is 66.8 Å². The molecule has 0 amide bonds. The molecule has 1 atom stereocenters. The van der Waals surface area contributed by atoms with Crippen LogP contribution in [0, 0.1) is 22.7 Å². The Bertz CT molecular complexity index is 2360. The molecule has 2 aromatic heterocycles. The first kappa shape index (κ1) is 24.0. The molecule has 1 aliphatic carbocycles. The molecule has 0 spiro atoms. The summed E-state index contributed by atoms with van der Waals surface area (Å²) in [6.45, 7) is 0. The van der Waals surface area contributed by atoms with E-state index in [4.69, 9.17) is 0 Å². The highest BCUT2D eigenvalue weighted by Crippen LogP contribution is 2.38. The van der Waals surface area contributed by atoms with Crippen molar-refractivity contribution >= 4 is 49.2 Å². The molecular formula is C38H24N4. The van der Waals surface area contributed by atoms with Crippen LogP contribution >= 0.6 is 0 Å². The SMILES string of the molecule is N#Cc1ccc2c(c1)c1ccccc1n2-c1cccc(C2=CC(n3c4ccccc4c4cc(C#N)ccc43)CC=C2)c1. The van der Waals surface area contributed by atoms with Crippen LogP contribution in [0.1, 0.15) is 29.2 Å². The Kier molecular flexibility index (Phi) is 5.36. The lowest BCUT2D eigenvalue weighted by Crippen LogP contribution is -2.08. The van der Waals surface area contributed by atoms with E-state index in [2.05, 4.69) is 124 Å². The molecule has 0 fully saturated rings. The summed E-state index contributed by atoms with van der Waals surface area (Å²) in [4.78, 5) is 0. The van der Waals surface area contributed by atoms with Gasteiger partial charge in [-0.25, -0.2) is 0 Å². The highest BCUT2D eigenvalue weighted by molar-refractivity contribution is 6.10. The van der Waals surface area contributed by atoms with Gasteiger partial charge in [0.05, 0.1) is 40.3 Å². The molecule has 2 heterocycles. The van der Waals surface area contributed by atoms with E-state index in [-0.39, 0.29) is 6.04 Å². The van der Waals surface area contributed by atoms with Gasteiger partial charge < -0.3 is 9.13 Å². The molecule has 0 radical (unpaired) electrons. The molecule has 42 heavy (non-hydrogen) atoms. The number of nitriles is 2. The summed E-state index contributed by atoms with van der Waals surface area (Å²) < 4.78 is 4.71. The van der Waals surface area contributed by atoms with E-state index in [9.17, 15) is 10.5 Å². The fourth-order valence-electron chi connectivity index (χ4n) is 6.61. The van der Waals surface area contributed by atoms with E-state index >= 15 is 0 Å². The maximum atomic E-state index is 9.53. The molecule has 0 aliphatic heterocycles. The third kappa shape index (κ3) is 3.60. The van der Waals surface area contributed by atoms with E-state index in [0.717, 1.165) is 50.4 Å². The monoisotopic (exact) mass is 536 g/mol. The van der Waals surface area contributed by atoms with Gasteiger partial charge in [0.1, 0.15) is 0 Å². The second-order valence-electron chi connectivity index (χ2n) is 10.8. The predicted octanol–water partition coefficient (Wildman–Crippen LogP) is 9.22. The van der Waals surface area contributed by atoms with Crippen LogP contribution in [0.4, 0.5) is 0 Å². The molecule has 1 unspecified atom stereocenters. The molecule has 4 heteroatoms. The van der Waals surface area contributed by atoms with Gasteiger partial charge in [0.2, 0.25) is 0 Å². The van der Waals surface area contributed by atoms with E-state index < -0.39 is 0 Å². The van der Waals surface area contributed by atoms with Gasteiger partial charge in [0.15, 0.2) is 0 Å². The van der Waals surface area contributed by atoms with Gasteiger partial charge in [0.25, 0.3) is 0 Å². The summed E-state index contributed by atoms with van der Waals surface area (Å²) in [6, 6.07) is 42.2. The normalized spacial score (nSPS) is 14.8. The number of hydrogen-bond acceptors (Lipinski definition) is 2. The van der Waals surface area contributed by atoms with Crippen LogP contribution in [0.3, 0.4) is 0 Å². The van der Waals surface area contributed by atoms with Crippen molar-refractivity contribution in [3.63, 3.8) is 0 Å². The first-order valence-corrected chi connectivity index (χ1v) is 14.1. The second-order valence-corrected chi connectivity index (χ2v) is 10.8. The molecule has 4 nitrogen and oxygen atoms in total. The molecular weight excluding hydrogens is 512 g/mol. The fourth-order valence-corrected chi connectivity index (χ4v) is 6.61. The van der Waals surface area contributed by atoms with Crippen molar-refractivity contribution < 1.29 is 0 Å². The fraction of sp³-hybridized carbons (Fsp3) is 0.0526. The quantitative estimate of drug-likeness (QED) is 0.226. The van der Waals surface area contributed by atoms with Gasteiger partial charge in [-0.3, -0.25) is 0 Å². The van der Waals surface area contributed by atoms with Crippen LogP contribution < -0.4 is 0 Å². The third-order valence-electron chi connectivity index (χ3n) is 8.46. The zero-order valence-corrected chi connectivity index (χ0v) is 22.7. The molecule has 0 saturated heterocycles. The minimum atomic E-state index is 0.140. The van der Waals surface area contributed by atoms with Gasteiger partial charge in [-0.15, -0.1) is 0 Å². The Balaban J connectivity index is 1.27. The third-order valence-corrected chi connectivity index (χ3v) is 8.46. The Morgan fingerprint density at radius 1 is 0.595 bits per heavy atom. The lowest BCUT2D eigenvalue weighted by atomic mass is 9.96. The zero-order chi connectivity index (χ0) is 28.2. The average Bonchev–Trinajstić information content (AvgIpc) is 3.57. The highest BCUT2D eigenvalue weighted by Gasteiger charge is 2.20. The smallest absolute Gasteiger partial charge is 0.0991 e. The summed E-state index contributed by atoms with van der Waals surface area (Å²) in [5, 5.41) is 23.5. The van der Waals surface area contributed by atoms with Crippen molar-refractivity contribution in [1.29, 1.82) is 10.5 Å². The Morgan fingerprint density at radius 3 is 1.98 bits per heavy atom. The molecule has 7 aromatic rings. The summed E-state index contributed by atoms with van der Waals surface area (Å²) in [6.07, 6.45) is 7.75. The van der Waals surface area contributed by atoms with Crippen LogP contribution in [-0.2, 0) is 0 Å². The van der Waals surface area contributed by atoms with E-state index in [1.807, 2.05) is 24.3 Å². The van der Waals surface area contributed by atoms with Gasteiger partial charge >= 0.3 is 0 Å². The van der Waals surface area contributed by atoms with E-state index in [1.165, 1.54) is 16.5 Å². The topological polar surface area (TPSA) is 57.4 Å². The Morgan fingerprint density at radius 2 is 1.21 bits per heavy atom. The largest absolute Gasteiger partial charge is 0.333 e. The van der Waals surface area contributed by atoms with Crippen molar-refractivity contribution in [2.45, 2.75) is 12.5 Å². The molecule has 0 saturated carbocycles. The van der Waals surface area contributed by atoms with Crippen LogP contribution in [0.2, 0.25) is 0 Å². The minimum absolute atomic E-state index is 0.140. The maximum absolute atomic E-state index is 9.53. The second kappa shape index (κ2) is 9.37. The first-order valence-electron chi connectivity index (χ1n) is 14.1. The summed E-state index contributed by atoms with van der Waals surface area (Å²) in [5.74, 6) is 0. The lowest BCUT2D eigenvalue weighted by Gasteiger charge is -2.21. The number of fused-ring (bicyclic) bond motifs is 6. The summed E-state index contributed by atoms with van der Waals surface area (Å²) in [7, 11) is 0. The molecule has 196 valence electrons. The summed E-state index contributed by atoms with van der Waals surface area (Å²) in [5.41, 5.74) is 9.28. The lowest BCUT2D eigenvalue weighted by molar-refractivity contribution is 0.650. The van der Waals surface area contributed by atoms with Crippen molar-refractivity contribution in [3.05, 3.63) is 144 Å². The summed E-state index contributed by atoms with van der Waals surface area (Å²) >= 11 is 0. The number of nitrogens with zero attached hydrogens (tertiary/aromatic N) is 4. The van der Waals surface area contributed by atoms with Crippen molar-refractivity contribution in [1.82, 2.24) is 9.13 Å². The van der Waals surface area contributed by atoms with E-state index in [1.54, 1.807) is 0 Å².